The summed E-state index contributed by atoms with van der Waals surface area (Å²) in [6.45, 7) is 1.70. The predicted octanol–water partition coefficient (Wildman–Crippen LogP) is 4.37. The van der Waals surface area contributed by atoms with Crippen molar-refractivity contribution >= 4 is 28.2 Å². The number of nitrogen functional groups attached to an aromatic ring is 1. The van der Waals surface area contributed by atoms with Crippen molar-refractivity contribution in [1.29, 1.82) is 0 Å². The van der Waals surface area contributed by atoms with Crippen molar-refractivity contribution in [2.45, 2.75) is 19.1 Å². The first-order valence-corrected chi connectivity index (χ1v) is 8.95. The molecule has 0 aliphatic rings. The molecule has 0 fully saturated rings. The van der Waals surface area contributed by atoms with Crippen molar-refractivity contribution in [3.63, 3.8) is 0 Å². The molecular formula is C20H18F3N5O2. The van der Waals surface area contributed by atoms with Crippen LogP contribution in [0.3, 0.4) is 0 Å². The van der Waals surface area contributed by atoms with E-state index in [-0.39, 0.29) is 17.2 Å². The average Bonchev–Trinajstić information content (AvgIpc) is 3.15. The van der Waals surface area contributed by atoms with Crippen LogP contribution in [0.1, 0.15) is 24.1 Å². The van der Waals surface area contributed by atoms with Crippen LogP contribution >= 0.6 is 0 Å². The molecule has 10 heteroatoms. The Bertz CT molecular complexity index is 1250. The molecule has 0 unspecified atom stereocenters. The summed E-state index contributed by atoms with van der Waals surface area (Å²) in [4.78, 5) is 8.64. The summed E-state index contributed by atoms with van der Waals surface area (Å²) in [5, 5.41) is 13.9. The van der Waals surface area contributed by atoms with Crippen molar-refractivity contribution in [1.82, 2.24) is 14.4 Å². The minimum Gasteiger partial charge on any atom is -0.504 e. The zero-order valence-corrected chi connectivity index (χ0v) is 16.0. The maximum atomic E-state index is 13.2. The van der Waals surface area contributed by atoms with Gasteiger partial charge in [-0.3, -0.25) is 4.40 Å². The fourth-order valence-electron chi connectivity index (χ4n) is 3.33. The summed E-state index contributed by atoms with van der Waals surface area (Å²) in [6, 6.07) is 5.97. The molecule has 0 spiro atoms. The number of nitrogens with two attached hydrogens (primary N) is 1. The van der Waals surface area contributed by atoms with E-state index in [9.17, 15) is 18.3 Å². The van der Waals surface area contributed by atoms with E-state index in [1.807, 2.05) is 0 Å². The monoisotopic (exact) mass is 417 g/mol. The second-order valence-electron chi connectivity index (χ2n) is 6.85. The first kappa shape index (κ1) is 19.6. The fraction of sp³-hybridized carbons (Fsp3) is 0.200. The zero-order valence-electron chi connectivity index (χ0n) is 16.0. The Kier molecular flexibility index (Phi) is 4.56. The molecule has 0 aliphatic carbocycles. The van der Waals surface area contributed by atoms with Gasteiger partial charge in [0.15, 0.2) is 11.5 Å². The van der Waals surface area contributed by atoms with Gasteiger partial charge in [-0.25, -0.2) is 4.98 Å². The number of aromatic hydroxyl groups is 1. The van der Waals surface area contributed by atoms with Crippen molar-refractivity contribution in [2.75, 3.05) is 18.2 Å². The Hall–Kier alpha value is -3.69. The Morgan fingerprint density at radius 3 is 2.67 bits per heavy atom. The van der Waals surface area contributed by atoms with Gasteiger partial charge < -0.3 is 20.9 Å². The number of methoxy groups -OCH3 is 1. The SMILES string of the molecule is COc1cc2c(cc1O)c(N[C@H](C)c1cc(N)cc(C(F)(F)F)c1)nc1nccn12. The molecule has 4 N–H and O–H groups in total. The van der Waals surface area contributed by atoms with Crippen molar-refractivity contribution in [2.24, 2.45) is 0 Å². The molecule has 4 rings (SSSR count). The third-order valence-corrected chi connectivity index (χ3v) is 4.80. The summed E-state index contributed by atoms with van der Waals surface area (Å²) >= 11 is 0. The van der Waals surface area contributed by atoms with E-state index < -0.39 is 17.8 Å². The first-order chi connectivity index (χ1) is 14.2. The Balaban J connectivity index is 1.82. The van der Waals surface area contributed by atoms with Crippen LogP contribution in [0.4, 0.5) is 24.7 Å². The number of ether oxygens (including phenoxy) is 1. The van der Waals surface area contributed by atoms with Crippen molar-refractivity contribution in [3.8, 4) is 11.5 Å². The maximum absolute atomic E-state index is 13.2. The number of phenols is 1. The Morgan fingerprint density at radius 1 is 1.20 bits per heavy atom. The van der Waals surface area contributed by atoms with Gasteiger partial charge in [-0.15, -0.1) is 0 Å². The molecule has 0 saturated heterocycles. The molecule has 2 aromatic carbocycles. The van der Waals surface area contributed by atoms with E-state index in [0.29, 0.717) is 28.1 Å². The van der Waals surface area contributed by atoms with E-state index in [1.165, 1.54) is 19.2 Å². The minimum absolute atomic E-state index is 0.0115. The Labute approximate surface area is 168 Å². The summed E-state index contributed by atoms with van der Waals surface area (Å²) in [5.41, 5.74) is 5.88. The molecule has 0 bridgehead atoms. The molecular weight excluding hydrogens is 399 g/mol. The third kappa shape index (κ3) is 3.40. The molecule has 0 amide bonds. The smallest absolute Gasteiger partial charge is 0.416 e. The summed E-state index contributed by atoms with van der Waals surface area (Å²) < 4.78 is 46.4. The van der Waals surface area contributed by atoms with Crippen LogP contribution in [0, 0.1) is 0 Å². The first-order valence-electron chi connectivity index (χ1n) is 8.95. The van der Waals surface area contributed by atoms with E-state index >= 15 is 0 Å². The lowest BCUT2D eigenvalue weighted by Gasteiger charge is -2.19. The highest BCUT2D eigenvalue weighted by atomic mass is 19.4. The van der Waals surface area contributed by atoms with Gasteiger partial charge in [0.2, 0.25) is 5.78 Å². The average molecular weight is 417 g/mol. The number of alkyl halides is 3. The van der Waals surface area contributed by atoms with Crippen LogP contribution in [-0.4, -0.2) is 26.6 Å². The van der Waals surface area contributed by atoms with Crippen molar-refractivity contribution in [3.05, 3.63) is 53.9 Å². The van der Waals surface area contributed by atoms with Crippen LogP contribution in [0.2, 0.25) is 0 Å². The van der Waals surface area contributed by atoms with Crippen molar-refractivity contribution < 1.29 is 23.0 Å². The third-order valence-electron chi connectivity index (χ3n) is 4.80. The lowest BCUT2D eigenvalue weighted by Crippen LogP contribution is -2.12. The van der Waals surface area contributed by atoms with E-state index in [0.717, 1.165) is 12.1 Å². The highest BCUT2D eigenvalue weighted by Gasteiger charge is 2.31. The molecule has 0 radical (unpaired) electrons. The number of rotatable bonds is 4. The fourth-order valence-corrected chi connectivity index (χ4v) is 3.33. The quantitative estimate of drug-likeness (QED) is 0.427. The molecule has 30 heavy (non-hydrogen) atoms. The maximum Gasteiger partial charge on any atom is 0.416 e. The van der Waals surface area contributed by atoms with Gasteiger partial charge in [-0.2, -0.15) is 18.2 Å². The van der Waals surface area contributed by atoms with Crippen LogP contribution in [0.5, 0.6) is 11.5 Å². The molecule has 2 heterocycles. The topological polar surface area (TPSA) is 97.7 Å². The largest absolute Gasteiger partial charge is 0.504 e. The van der Waals surface area contributed by atoms with E-state index in [1.54, 1.807) is 29.8 Å². The van der Waals surface area contributed by atoms with Gasteiger partial charge in [0.05, 0.1) is 24.2 Å². The molecule has 1 atom stereocenters. The van der Waals surface area contributed by atoms with Crippen LogP contribution in [-0.2, 0) is 6.18 Å². The number of benzene rings is 2. The van der Waals surface area contributed by atoms with Gasteiger partial charge in [-0.05, 0) is 36.8 Å². The molecule has 2 aromatic heterocycles. The highest BCUT2D eigenvalue weighted by molar-refractivity contribution is 5.93. The van der Waals surface area contributed by atoms with Gasteiger partial charge in [0.25, 0.3) is 0 Å². The van der Waals surface area contributed by atoms with Gasteiger partial charge in [0.1, 0.15) is 5.82 Å². The molecule has 0 saturated carbocycles. The van der Waals surface area contributed by atoms with Gasteiger partial charge >= 0.3 is 6.18 Å². The highest BCUT2D eigenvalue weighted by Crippen LogP contribution is 2.36. The predicted molar refractivity (Wildman–Crippen MR) is 107 cm³/mol. The minimum atomic E-state index is -4.51. The number of aromatic nitrogens is 3. The molecule has 7 nitrogen and oxygen atoms in total. The number of phenolic OH excluding ortho intramolecular Hbond substituents is 1. The standard InChI is InChI=1S/C20H18F3N5O2/c1-10(11-5-12(20(21,22)23)7-13(24)6-11)26-18-14-8-16(29)17(30-2)9-15(14)28-4-3-25-19(28)27-18/h3-10,29H,24H2,1-2H3,(H,25,26,27)/t10-/m1/s1. The summed E-state index contributed by atoms with van der Waals surface area (Å²) in [6.07, 6.45) is -1.23. The zero-order chi connectivity index (χ0) is 21.6. The number of nitrogens with zero attached hydrogens (tertiary/aromatic N) is 3. The van der Waals surface area contributed by atoms with E-state index in [4.69, 9.17) is 10.5 Å². The Morgan fingerprint density at radius 2 is 1.97 bits per heavy atom. The van der Waals surface area contributed by atoms with Crippen LogP contribution in [0.25, 0.3) is 16.7 Å². The number of anilines is 2. The van der Waals surface area contributed by atoms with Gasteiger partial charge in [-0.1, -0.05) is 0 Å². The second kappa shape index (κ2) is 6.97. The lowest BCUT2D eigenvalue weighted by molar-refractivity contribution is -0.137. The summed E-state index contributed by atoms with van der Waals surface area (Å²) in [5.74, 6) is 0.914. The number of halogens is 3. The number of hydrogen-bond acceptors (Lipinski definition) is 6. The summed E-state index contributed by atoms with van der Waals surface area (Å²) in [7, 11) is 1.44. The number of hydrogen-bond donors (Lipinski definition) is 3. The second-order valence-corrected chi connectivity index (χ2v) is 6.85. The molecule has 0 aliphatic heterocycles. The van der Waals surface area contributed by atoms with Crippen LogP contribution < -0.4 is 15.8 Å². The number of nitrogens with one attached hydrogen (secondary N) is 1. The van der Waals surface area contributed by atoms with E-state index in [2.05, 4.69) is 15.3 Å². The van der Waals surface area contributed by atoms with Crippen LogP contribution in [0.15, 0.2) is 42.7 Å². The number of fused-ring (bicyclic) bond motifs is 3. The lowest BCUT2D eigenvalue weighted by atomic mass is 10.0. The number of imidazole rings is 1. The molecule has 156 valence electrons. The molecule has 4 aromatic rings. The normalized spacial score (nSPS) is 13.0. The van der Waals surface area contributed by atoms with Gasteiger partial charge in [0, 0.05) is 29.5 Å².